The van der Waals surface area contributed by atoms with Crippen molar-refractivity contribution in [1.29, 1.82) is 0 Å². The van der Waals surface area contributed by atoms with Crippen molar-refractivity contribution in [3.8, 4) is 5.75 Å². The number of aromatic hydroxyl groups is 1. The number of nitrogens with one attached hydrogen (secondary N) is 2. The smallest absolute Gasteiger partial charge is 0.417 e. The lowest BCUT2D eigenvalue weighted by Gasteiger charge is -2.19. The zero-order valence-corrected chi connectivity index (χ0v) is 20.1. The maximum absolute atomic E-state index is 14.9. The van der Waals surface area contributed by atoms with Crippen LogP contribution >= 0.6 is 11.6 Å². The lowest BCUT2D eigenvalue weighted by molar-refractivity contribution is -0.140. The van der Waals surface area contributed by atoms with E-state index in [1.807, 2.05) is 0 Å². The van der Waals surface area contributed by atoms with Crippen molar-refractivity contribution in [3.63, 3.8) is 0 Å². The molecule has 39 heavy (non-hydrogen) atoms. The molecule has 0 saturated carbocycles. The summed E-state index contributed by atoms with van der Waals surface area (Å²) in [5.41, 5.74) is -4.70. The monoisotopic (exact) mass is 594 g/mol. The highest BCUT2D eigenvalue weighted by molar-refractivity contribution is 6.30. The number of hydrogen-bond acceptors (Lipinski definition) is 3. The van der Waals surface area contributed by atoms with Crippen LogP contribution in [0, 0.1) is 0 Å². The highest BCUT2D eigenvalue weighted by atomic mass is 35.5. The van der Waals surface area contributed by atoms with Crippen LogP contribution in [0.25, 0.3) is 5.83 Å². The number of halogens is 11. The van der Waals surface area contributed by atoms with E-state index in [4.69, 9.17) is 11.6 Å². The molecule has 2 amide bonds. The van der Waals surface area contributed by atoms with E-state index in [9.17, 15) is 58.6 Å². The van der Waals surface area contributed by atoms with Crippen molar-refractivity contribution in [2.45, 2.75) is 37.4 Å². The first-order chi connectivity index (χ1) is 17.7. The fourth-order valence-corrected chi connectivity index (χ4v) is 3.44. The predicted octanol–water partition coefficient (Wildman–Crippen LogP) is 6.52. The molecule has 0 aliphatic rings. The van der Waals surface area contributed by atoms with Crippen molar-refractivity contribution in [3.05, 3.63) is 69.8 Å². The maximum Gasteiger partial charge on any atom is 0.417 e. The van der Waals surface area contributed by atoms with Gasteiger partial charge in [0.1, 0.15) is 30.1 Å². The zero-order valence-electron chi connectivity index (χ0n) is 19.3. The van der Waals surface area contributed by atoms with Crippen LogP contribution in [0.5, 0.6) is 5.75 Å². The summed E-state index contributed by atoms with van der Waals surface area (Å²) in [6, 6.07) is 1.62. The van der Waals surface area contributed by atoms with Gasteiger partial charge in [-0.05, 0) is 48.9 Å². The zero-order chi connectivity index (χ0) is 29.9. The second-order valence-corrected chi connectivity index (χ2v) is 8.50. The third-order valence-electron chi connectivity index (χ3n) is 4.98. The van der Waals surface area contributed by atoms with Gasteiger partial charge in [0.15, 0.2) is 0 Å². The summed E-state index contributed by atoms with van der Waals surface area (Å²) in [4.78, 5) is 24.1. The summed E-state index contributed by atoms with van der Waals surface area (Å²) in [6.07, 6.45) is -15.3. The second-order valence-electron chi connectivity index (χ2n) is 8.06. The number of allylic oxidation sites excluding steroid dienone is 1. The first-order valence-corrected chi connectivity index (χ1v) is 10.9. The lowest BCUT2D eigenvalue weighted by Crippen LogP contribution is -2.47. The standard InChI is InChI=1S/C23H17ClF10N2O3/c1-10(19(38)35-9-21(26,27)28)36-20(39)15-3-2-11(6-17(15)23(32,33)34)18(25)8-16(22(29,30)31)12-4-13(24)7-14(37)5-12/h2-8,10,16,37H,9H2,1H3,(H,35,38)(H,36,39)/b18-8-. The molecule has 0 saturated heterocycles. The van der Waals surface area contributed by atoms with Gasteiger partial charge in [-0.3, -0.25) is 9.59 Å². The Kier molecular flexibility index (Phi) is 9.53. The van der Waals surface area contributed by atoms with Crippen molar-refractivity contribution < 1.29 is 58.6 Å². The molecule has 0 aliphatic carbocycles. The van der Waals surface area contributed by atoms with Crippen LogP contribution in [0.2, 0.25) is 5.02 Å². The van der Waals surface area contributed by atoms with Crippen LogP contribution in [0.4, 0.5) is 43.9 Å². The van der Waals surface area contributed by atoms with Crippen LogP contribution in [-0.2, 0) is 11.0 Å². The van der Waals surface area contributed by atoms with E-state index in [-0.39, 0.29) is 17.2 Å². The van der Waals surface area contributed by atoms with E-state index in [0.29, 0.717) is 18.2 Å². The SMILES string of the molecule is CC(NC(=O)c1ccc(/C(F)=C/C(c2cc(O)cc(Cl)c2)C(F)(F)F)cc1C(F)(F)F)C(=O)NCC(F)(F)F. The molecule has 0 fully saturated rings. The van der Waals surface area contributed by atoms with E-state index in [1.54, 1.807) is 5.32 Å². The second kappa shape index (κ2) is 11.7. The highest BCUT2D eigenvalue weighted by Gasteiger charge is 2.41. The van der Waals surface area contributed by atoms with Gasteiger partial charge in [-0.25, -0.2) is 4.39 Å². The summed E-state index contributed by atoms with van der Waals surface area (Å²) in [7, 11) is 0. The molecule has 2 aromatic rings. The summed E-state index contributed by atoms with van der Waals surface area (Å²) in [5.74, 6) is -8.14. The maximum atomic E-state index is 14.9. The summed E-state index contributed by atoms with van der Waals surface area (Å²) in [6.45, 7) is -0.883. The van der Waals surface area contributed by atoms with Gasteiger partial charge in [0.2, 0.25) is 5.91 Å². The van der Waals surface area contributed by atoms with E-state index in [2.05, 4.69) is 0 Å². The minimum atomic E-state index is -5.34. The quantitative estimate of drug-likeness (QED) is 0.320. The Hall–Kier alpha value is -3.49. The van der Waals surface area contributed by atoms with E-state index < -0.39 is 82.7 Å². The third kappa shape index (κ3) is 9.04. The fraction of sp³-hybridized carbons (Fsp3) is 0.304. The van der Waals surface area contributed by atoms with Crippen molar-refractivity contribution in [2.24, 2.45) is 0 Å². The molecule has 2 atom stereocenters. The number of carbonyl (C=O) groups excluding carboxylic acids is 2. The van der Waals surface area contributed by atoms with Gasteiger partial charge in [-0.15, -0.1) is 0 Å². The molecular formula is C23H17ClF10N2O3. The third-order valence-corrected chi connectivity index (χ3v) is 5.20. The molecule has 0 aliphatic heterocycles. The fourth-order valence-electron chi connectivity index (χ4n) is 3.20. The number of amides is 2. The van der Waals surface area contributed by atoms with Crippen LogP contribution in [0.15, 0.2) is 42.5 Å². The molecule has 2 unspecified atom stereocenters. The van der Waals surface area contributed by atoms with Crippen LogP contribution in [-0.4, -0.2) is 41.9 Å². The highest BCUT2D eigenvalue weighted by Crippen LogP contribution is 2.41. The Labute approximate surface area is 218 Å². The molecule has 16 heteroatoms. The topological polar surface area (TPSA) is 78.4 Å². The summed E-state index contributed by atoms with van der Waals surface area (Å²) >= 11 is 5.63. The summed E-state index contributed by atoms with van der Waals surface area (Å²) in [5, 5.41) is 12.4. The largest absolute Gasteiger partial charge is 0.508 e. The van der Waals surface area contributed by atoms with Gasteiger partial charge < -0.3 is 15.7 Å². The van der Waals surface area contributed by atoms with Gasteiger partial charge in [0, 0.05) is 10.6 Å². The Morgan fingerprint density at radius 3 is 2.13 bits per heavy atom. The first-order valence-electron chi connectivity index (χ1n) is 10.5. The number of hydrogen-bond donors (Lipinski definition) is 3. The van der Waals surface area contributed by atoms with Crippen LogP contribution in [0.3, 0.4) is 0 Å². The average Bonchev–Trinajstić information content (AvgIpc) is 2.77. The molecule has 0 radical (unpaired) electrons. The number of rotatable bonds is 7. The van der Waals surface area contributed by atoms with E-state index in [0.717, 1.165) is 19.1 Å². The normalized spacial score (nSPS) is 14.5. The Morgan fingerprint density at radius 1 is 1.00 bits per heavy atom. The molecule has 3 N–H and O–H groups in total. The molecule has 0 heterocycles. The van der Waals surface area contributed by atoms with Crippen molar-refractivity contribution in [2.75, 3.05) is 6.54 Å². The molecule has 0 bridgehead atoms. The lowest BCUT2D eigenvalue weighted by atomic mass is 9.95. The Morgan fingerprint density at radius 2 is 1.62 bits per heavy atom. The molecule has 0 spiro atoms. The number of phenolic OH excluding ortho intramolecular Hbond substituents is 1. The van der Waals surface area contributed by atoms with E-state index in [1.165, 1.54) is 5.32 Å². The summed E-state index contributed by atoms with van der Waals surface area (Å²) < 4.78 is 133. The molecule has 0 aromatic heterocycles. The minimum absolute atomic E-state index is 0.0482. The average molecular weight is 595 g/mol. The van der Waals surface area contributed by atoms with Gasteiger partial charge in [-0.2, -0.15) is 39.5 Å². The molecule has 5 nitrogen and oxygen atoms in total. The van der Waals surface area contributed by atoms with Crippen molar-refractivity contribution >= 4 is 29.2 Å². The molecule has 214 valence electrons. The van der Waals surface area contributed by atoms with Crippen LogP contribution in [0.1, 0.15) is 39.9 Å². The predicted molar refractivity (Wildman–Crippen MR) is 118 cm³/mol. The first kappa shape index (κ1) is 31.7. The van der Waals surface area contributed by atoms with Gasteiger partial charge in [0.25, 0.3) is 5.91 Å². The number of alkyl halides is 9. The number of benzene rings is 2. The number of phenols is 1. The van der Waals surface area contributed by atoms with Crippen molar-refractivity contribution in [1.82, 2.24) is 10.6 Å². The molecular weight excluding hydrogens is 578 g/mol. The van der Waals surface area contributed by atoms with Crippen LogP contribution < -0.4 is 10.6 Å². The van der Waals surface area contributed by atoms with E-state index >= 15 is 0 Å². The number of carbonyl (C=O) groups is 2. The van der Waals surface area contributed by atoms with Gasteiger partial charge >= 0.3 is 18.5 Å². The molecule has 2 rings (SSSR count). The van der Waals surface area contributed by atoms with Gasteiger partial charge in [-0.1, -0.05) is 17.7 Å². The Balaban J connectivity index is 2.43. The minimum Gasteiger partial charge on any atom is -0.508 e. The van der Waals surface area contributed by atoms with Gasteiger partial charge in [0.05, 0.1) is 11.1 Å². The Bertz CT molecular complexity index is 1240. The molecule has 2 aromatic carbocycles.